The van der Waals surface area contributed by atoms with Crippen molar-refractivity contribution in [2.24, 2.45) is 0 Å². The first-order chi connectivity index (χ1) is 7.22. The molecule has 0 bridgehead atoms. The summed E-state index contributed by atoms with van der Waals surface area (Å²) in [6, 6.07) is 1.96. The van der Waals surface area contributed by atoms with Gasteiger partial charge < -0.3 is 10.2 Å². The predicted octanol–water partition coefficient (Wildman–Crippen LogP) is 0.412. The molecule has 76 valence electrons. The molecule has 6 nitrogen and oxygen atoms in total. The van der Waals surface area contributed by atoms with Gasteiger partial charge in [0.2, 0.25) is 5.91 Å². The summed E-state index contributed by atoms with van der Waals surface area (Å²) in [5.41, 5.74) is 0.500. The van der Waals surface area contributed by atoms with Gasteiger partial charge in [-0.25, -0.2) is 9.97 Å². The van der Waals surface area contributed by atoms with Gasteiger partial charge in [0.05, 0.1) is 12.6 Å². The number of fused-ring (bicyclic) bond motifs is 1. The van der Waals surface area contributed by atoms with Crippen LogP contribution in [0, 0.1) is 11.3 Å². The van der Waals surface area contributed by atoms with Gasteiger partial charge in [-0.05, 0) is 0 Å². The molecule has 2 rings (SSSR count). The molecule has 1 aromatic heterocycles. The first-order valence-corrected chi connectivity index (χ1v) is 4.52. The highest BCUT2D eigenvalue weighted by Gasteiger charge is 2.25. The van der Waals surface area contributed by atoms with Gasteiger partial charge in [0.15, 0.2) is 11.0 Å². The number of carbonyl (C=O) groups is 1. The molecule has 0 spiro atoms. The van der Waals surface area contributed by atoms with E-state index in [0.717, 1.165) is 0 Å². The Balaban J connectivity index is 2.48. The molecular weight excluding hydrogens is 218 g/mol. The quantitative estimate of drug-likeness (QED) is 0.551. The number of amides is 1. The van der Waals surface area contributed by atoms with E-state index in [2.05, 4.69) is 15.3 Å². The third-order valence-corrected chi connectivity index (χ3v) is 2.22. The second kappa shape index (κ2) is 3.71. The van der Waals surface area contributed by atoms with E-state index >= 15 is 0 Å². The molecule has 15 heavy (non-hydrogen) atoms. The standard InChI is InChI=1S/C8H6ClN5O/c9-7-6-8(12-4-11-7)13-5(15)3-14(6)2-1-10/h4H,2-3H2,(H,11,12,13,15). The average Bonchev–Trinajstić information content (AvgIpc) is 2.17. The molecule has 2 heterocycles. The van der Waals surface area contributed by atoms with Crippen LogP contribution in [0.4, 0.5) is 11.5 Å². The van der Waals surface area contributed by atoms with Crippen LogP contribution >= 0.6 is 11.6 Å². The van der Waals surface area contributed by atoms with E-state index in [0.29, 0.717) is 11.5 Å². The molecule has 1 amide bonds. The summed E-state index contributed by atoms with van der Waals surface area (Å²) in [5.74, 6) is 0.133. The predicted molar refractivity (Wildman–Crippen MR) is 53.5 cm³/mol. The van der Waals surface area contributed by atoms with Crippen molar-refractivity contribution < 1.29 is 4.79 Å². The molecule has 1 aliphatic heterocycles. The highest BCUT2D eigenvalue weighted by molar-refractivity contribution is 6.33. The topological polar surface area (TPSA) is 81.9 Å². The number of halogens is 1. The number of nitriles is 1. The Morgan fingerprint density at radius 2 is 2.47 bits per heavy atom. The van der Waals surface area contributed by atoms with Gasteiger partial charge >= 0.3 is 0 Å². The van der Waals surface area contributed by atoms with Gasteiger partial charge in [0.25, 0.3) is 0 Å². The molecule has 0 atom stereocenters. The number of nitrogens with zero attached hydrogens (tertiary/aromatic N) is 4. The lowest BCUT2D eigenvalue weighted by Gasteiger charge is -2.27. The van der Waals surface area contributed by atoms with E-state index in [1.807, 2.05) is 6.07 Å². The van der Waals surface area contributed by atoms with Crippen molar-refractivity contribution in [3.8, 4) is 6.07 Å². The van der Waals surface area contributed by atoms with E-state index in [1.54, 1.807) is 0 Å². The molecule has 1 aromatic rings. The summed E-state index contributed by atoms with van der Waals surface area (Å²) >= 11 is 5.87. The summed E-state index contributed by atoms with van der Waals surface area (Å²) in [7, 11) is 0. The van der Waals surface area contributed by atoms with Crippen molar-refractivity contribution in [1.29, 1.82) is 5.26 Å². The number of rotatable bonds is 1. The zero-order chi connectivity index (χ0) is 10.8. The maximum absolute atomic E-state index is 11.3. The first kappa shape index (κ1) is 9.68. The molecular formula is C8H6ClN5O. The number of hydrogen-bond acceptors (Lipinski definition) is 5. The van der Waals surface area contributed by atoms with Crippen LogP contribution in [0.25, 0.3) is 0 Å². The normalized spacial score (nSPS) is 14.1. The number of carbonyl (C=O) groups excluding carboxylic acids is 1. The minimum Gasteiger partial charge on any atom is -0.343 e. The molecule has 0 aromatic carbocycles. The Morgan fingerprint density at radius 1 is 1.67 bits per heavy atom. The number of aromatic nitrogens is 2. The fraction of sp³-hybridized carbons (Fsp3) is 0.250. The zero-order valence-electron chi connectivity index (χ0n) is 7.57. The molecule has 7 heteroatoms. The number of nitrogens with one attached hydrogen (secondary N) is 1. The summed E-state index contributed by atoms with van der Waals surface area (Å²) < 4.78 is 0. The Hall–Kier alpha value is -1.87. The van der Waals surface area contributed by atoms with Crippen LogP contribution in [-0.2, 0) is 4.79 Å². The fourth-order valence-corrected chi connectivity index (χ4v) is 1.63. The van der Waals surface area contributed by atoms with E-state index < -0.39 is 0 Å². The van der Waals surface area contributed by atoms with Crippen molar-refractivity contribution in [3.05, 3.63) is 11.5 Å². The highest BCUT2D eigenvalue weighted by atomic mass is 35.5. The third kappa shape index (κ3) is 1.69. The minimum atomic E-state index is -0.215. The third-order valence-electron chi connectivity index (χ3n) is 1.95. The van der Waals surface area contributed by atoms with Crippen LogP contribution in [0.3, 0.4) is 0 Å². The average molecular weight is 224 g/mol. The van der Waals surface area contributed by atoms with Crippen molar-refractivity contribution >= 4 is 29.0 Å². The summed E-state index contributed by atoms with van der Waals surface area (Å²) in [6.45, 7) is 0.168. The summed E-state index contributed by atoms with van der Waals surface area (Å²) in [5, 5.41) is 11.4. The maximum Gasteiger partial charge on any atom is 0.245 e. The van der Waals surface area contributed by atoms with Crippen molar-refractivity contribution in [2.75, 3.05) is 23.3 Å². The van der Waals surface area contributed by atoms with Gasteiger partial charge in [0.1, 0.15) is 18.6 Å². The molecule has 1 N–H and O–H groups in total. The van der Waals surface area contributed by atoms with Gasteiger partial charge in [-0.15, -0.1) is 0 Å². The van der Waals surface area contributed by atoms with Crippen molar-refractivity contribution in [3.63, 3.8) is 0 Å². The van der Waals surface area contributed by atoms with Crippen LogP contribution in [0.1, 0.15) is 0 Å². The van der Waals surface area contributed by atoms with Crippen molar-refractivity contribution in [2.45, 2.75) is 0 Å². The summed E-state index contributed by atoms with van der Waals surface area (Å²) in [4.78, 5) is 20.5. The van der Waals surface area contributed by atoms with Crippen LogP contribution in [0.5, 0.6) is 0 Å². The Bertz CT molecular complexity index is 455. The Labute approximate surface area is 90.5 Å². The van der Waals surface area contributed by atoms with E-state index in [1.165, 1.54) is 11.2 Å². The Kier molecular flexibility index (Phi) is 2.39. The first-order valence-electron chi connectivity index (χ1n) is 4.14. The molecule has 0 saturated carbocycles. The van der Waals surface area contributed by atoms with Gasteiger partial charge in [-0.2, -0.15) is 5.26 Å². The van der Waals surface area contributed by atoms with Crippen LogP contribution in [0.15, 0.2) is 6.33 Å². The lowest BCUT2D eigenvalue weighted by atomic mass is 10.3. The fourth-order valence-electron chi connectivity index (χ4n) is 1.37. The zero-order valence-corrected chi connectivity index (χ0v) is 8.32. The van der Waals surface area contributed by atoms with E-state index in [4.69, 9.17) is 16.9 Å². The van der Waals surface area contributed by atoms with E-state index in [-0.39, 0.29) is 24.1 Å². The number of hydrogen-bond donors (Lipinski definition) is 1. The minimum absolute atomic E-state index is 0.0769. The van der Waals surface area contributed by atoms with Crippen molar-refractivity contribution in [1.82, 2.24) is 9.97 Å². The molecule has 0 unspecified atom stereocenters. The second-order valence-electron chi connectivity index (χ2n) is 2.92. The molecule has 0 fully saturated rings. The van der Waals surface area contributed by atoms with E-state index in [9.17, 15) is 4.79 Å². The van der Waals surface area contributed by atoms with Gasteiger partial charge in [-0.3, -0.25) is 4.79 Å². The maximum atomic E-state index is 11.3. The smallest absolute Gasteiger partial charge is 0.245 e. The van der Waals surface area contributed by atoms with Gasteiger partial charge in [-0.1, -0.05) is 11.6 Å². The Morgan fingerprint density at radius 3 is 3.20 bits per heavy atom. The lowest BCUT2D eigenvalue weighted by Crippen LogP contribution is -2.39. The largest absolute Gasteiger partial charge is 0.343 e. The summed E-state index contributed by atoms with van der Waals surface area (Å²) in [6.07, 6.45) is 1.26. The molecule has 0 saturated heterocycles. The van der Waals surface area contributed by atoms with Gasteiger partial charge in [0, 0.05) is 0 Å². The van der Waals surface area contributed by atoms with Crippen LogP contribution in [-0.4, -0.2) is 29.0 Å². The lowest BCUT2D eigenvalue weighted by molar-refractivity contribution is -0.115. The van der Waals surface area contributed by atoms with Crippen LogP contribution in [0.2, 0.25) is 5.15 Å². The monoisotopic (exact) mass is 223 g/mol. The second-order valence-corrected chi connectivity index (χ2v) is 3.28. The van der Waals surface area contributed by atoms with Crippen LogP contribution < -0.4 is 10.2 Å². The molecule has 0 aliphatic carbocycles. The highest BCUT2D eigenvalue weighted by Crippen LogP contribution is 2.32. The SMILES string of the molecule is N#CCN1CC(=O)Nc2ncnc(Cl)c21. The number of anilines is 2. The molecule has 0 radical (unpaired) electrons. The molecule has 1 aliphatic rings.